The number of piperidine rings is 1. The number of amides is 1. The minimum absolute atomic E-state index is 0.346. The van der Waals surface area contributed by atoms with Crippen molar-refractivity contribution >= 4 is 33.3 Å². The maximum absolute atomic E-state index is 12.4. The minimum Gasteiger partial charge on any atom is -0.406 e. The summed E-state index contributed by atoms with van der Waals surface area (Å²) in [6.45, 7) is 1.87. The Morgan fingerprint density at radius 2 is 1.81 bits per heavy atom. The molecule has 0 saturated carbocycles. The lowest BCUT2D eigenvalue weighted by Gasteiger charge is -2.28. The molecule has 1 aromatic carbocycles. The van der Waals surface area contributed by atoms with Crippen LogP contribution in [0.1, 0.15) is 29.6 Å². The second kappa shape index (κ2) is 8.16. The number of benzene rings is 1. The summed E-state index contributed by atoms with van der Waals surface area (Å²) in [7, 11) is 0. The van der Waals surface area contributed by atoms with E-state index in [0.29, 0.717) is 11.3 Å². The largest absolute Gasteiger partial charge is 0.573 e. The SMILES string of the molecule is O=C(Nc1ccc(OC(F)(F)F)cc1)c1cnc(N2CCCCC2)c(Br)c1. The van der Waals surface area contributed by atoms with E-state index in [1.165, 1.54) is 24.8 Å². The average molecular weight is 444 g/mol. The summed E-state index contributed by atoms with van der Waals surface area (Å²) >= 11 is 3.47. The predicted molar refractivity (Wildman–Crippen MR) is 99.1 cm³/mol. The van der Waals surface area contributed by atoms with E-state index in [1.54, 1.807) is 6.07 Å². The summed E-state index contributed by atoms with van der Waals surface area (Å²) < 4.78 is 41.0. The highest BCUT2D eigenvalue weighted by molar-refractivity contribution is 9.10. The summed E-state index contributed by atoms with van der Waals surface area (Å²) in [4.78, 5) is 18.9. The Balaban J connectivity index is 1.66. The molecule has 3 rings (SSSR count). The number of nitrogens with zero attached hydrogens (tertiary/aromatic N) is 2. The van der Waals surface area contributed by atoms with Gasteiger partial charge in [0.05, 0.1) is 10.0 Å². The maximum Gasteiger partial charge on any atom is 0.573 e. The number of carbonyl (C=O) groups is 1. The molecule has 0 bridgehead atoms. The van der Waals surface area contributed by atoms with Crippen LogP contribution in [0.25, 0.3) is 0 Å². The molecule has 0 unspecified atom stereocenters. The van der Waals surface area contributed by atoms with Crippen LogP contribution in [-0.2, 0) is 0 Å². The number of ether oxygens (including phenoxy) is 1. The van der Waals surface area contributed by atoms with Crippen molar-refractivity contribution in [1.82, 2.24) is 4.98 Å². The lowest BCUT2D eigenvalue weighted by Crippen LogP contribution is -2.30. The van der Waals surface area contributed by atoms with E-state index in [9.17, 15) is 18.0 Å². The topological polar surface area (TPSA) is 54.5 Å². The third kappa shape index (κ3) is 5.35. The highest BCUT2D eigenvalue weighted by Crippen LogP contribution is 2.28. The van der Waals surface area contributed by atoms with Crippen molar-refractivity contribution in [2.75, 3.05) is 23.3 Å². The molecule has 1 aliphatic rings. The Labute approximate surface area is 162 Å². The third-order valence-electron chi connectivity index (χ3n) is 4.09. The van der Waals surface area contributed by atoms with Crippen LogP contribution in [0, 0.1) is 0 Å². The van der Waals surface area contributed by atoms with Crippen molar-refractivity contribution in [3.8, 4) is 5.75 Å². The highest BCUT2D eigenvalue weighted by atomic mass is 79.9. The number of hydrogen-bond donors (Lipinski definition) is 1. The van der Waals surface area contributed by atoms with Crippen LogP contribution in [0.15, 0.2) is 41.0 Å². The van der Waals surface area contributed by atoms with Gasteiger partial charge in [0.2, 0.25) is 0 Å². The van der Waals surface area contributed by atoms with E-state index in [4.69, 9.17) is 0 Å². The Kier molecular flexibility index (Phi) is 5.88. The smallest absolute Gasteiger partial charge is 0.406 e. The Morgan fingerprint density at radius 1 is 1.15 bits per heavy atom. The van der Waals surface area contributed by atoms with Gasteiger partial charge in [-0.05, 0) is 65.5 Å². The molecule has 9 heteroatoms. The van der Waals surface area contributed by atoms with Crippen molar-refractivity contribution in [3.63, 3.8) is 0 Å². The van der Waals surface area contributed by atoms with Gasteiger partial charge in [0.25, 0.3) is 5.91 Å². The molecule has 2 heterocycles. The van der Waals surface area contributed by atoms with Gasteiger partial charge >= 0.3 is 6.36 Å². The van der Waals surface area contributed by atoms with Crippen LogP contribution in [0.2, 0.25) is 0 Å². The molecule has 1 saturated heterocycles. The van der Waals surface area contributed by atoms with Gasteiger partial charge in [0.15, 0.2) is 0 Å². The third-order valence-corrected chi connectivity index (χ3v) is 4.67. The first-order chi connectivity index (χ1) is 12.8. The summed E-state index contributed by atoms with van der Waals surface area (Å²) in [5, 5.41) is 2.62. The lowest BCUT2D eigenvalue weighted by atomic mass is 10.1. The van der Waals surface area contributed by atoms with Gasteiger partial charge in [-0.25, -0.2) is 4.98 Å². The zero-order valence-corrected chi connectivity index (χ0v) is 15.8. The number of hydrogen-bond acceptors (Lipinski definition) is 4. The van der Waals surface area contributed by atoms with Gasteiger partial charge < -0.3 is 15.0 Å². The minimum atomic E-state index is -4.75. The molecule has 0 spiro atoms. The predicted octanol–water partition coefficient (Wildman–Crippen LogP) is 4.99. The fourth-order valence-corrected chi connectivity index (χ4v) is 3.44. The molecule has 5 nitrogen and oxygen atoms in total. The van der Waals surface area contributed by atoms with Crippen molar-refractivity contribution in [3.05, 3.63) is 46.6 Å². The first-order valence-electron chi connectivity index (χ1n) is 8.39. The zero-order chi connectivity index (χ0) is 19.4. The number of carbonyl (C=O) groups excluding carboxylic acids is 1. The summed E-state index contributed by atoms with van der Waals surface area (Å²) in [6, 6.07) is 6.63. The zero-order valence-electron chi connectivity index (χ0n) is 14.2. The van der Waals surface area contributed by atoms with E-state index in [0.717, 1.165) is 48.4 Å². The normalized spacial score (nSPS) is 14.7. The van der Waals surface area contributed by atoms with Crippen LogP contribution in [-0.4, -0.2) is 30.3 Å². The van der Waals surface area contributed by atoms with E-state index in [2.05, 4.69) is 35.9 Å². The second-order valence-electron chi connectivity index (χ2n) is 6.10. The van der Waals surface area contributed by atoms with Crippen molar-refractivity contribution < 1.29 is 22.7 Å². The second-order valence-corrected chi connectivity index (χ2v) is 6.96. The molecule has 1 amide bonds. The molecular weight excluding hydrogens is 427 g/mol. The monoisotopic (exact) mass is 443 g/mol. The quantitative estimate of drug-likeness (QED) is 0.723. The van der Waals surface area contributed by atoms with Crippen molar-refractivity contribution in [2.45, 2.75) is 25.6 Å². The van der Waals surface area contributed by atoms with Gasteiger partial charge in [-0.1, -0.05) is 0 Å². The van der Waals surface area contributed by atoms with Crippen molar-refractivity contribution in [1.29, 1.82) is 0 Å². The molecule has 1 aromatic heterocycles. The van der Waals surface area contributed by atoms with Crippen LogP contribution in [0.5, 0.6) is 5.75 Å². The standard InChI is InChI=1S/C18H17BrF3N3O2/c19-15-10-12(11-23-16(15)25-8-2-1-3-9-25)17(26)24-13-4-6-14(7-5-13)27-18(20,21)22/h4-7,10-11H,1-3,8-9H2,(H,24,26). The van der Waals surface area contributed by atoms with Gasteiger partial charge in [0, 0.05) is 25.0 Å². The Bertz CT molecular complexity index is 806. The van der Waals surface area contributed by atoms with Gasteiger partial charge in [0.1, 0.15) is 11.6 Å². The van der Waals surface area contributed by atoms with Gasteiger partial charge in [-0.3, -0.25) is 4.79 Å². The summed E-state index contributed by atoms with van der Waals surface area (Å²) in [5.41, 5.74) is 0.698. The number of nitrogens with one attached hydrogen (secondary N) is 1. The molecule has 0 radical (unpaired) electrons. The molecule has 0 atom stereocenters. The van der Waals surface area contributed by atoms with Crippen LogP contribution in [0.3, 0.4) is 0 Å². The highest BCUT2D eigenvalue weighted by Gasteiger charge is 2.31. The van der Waals surface area contributed by atoms with E-state index >= 15 is 0 Å². The average Bonchev–Trinajstić information content (AvgIpc) is 2.63. The molecule has 1 fully saturated rings. The van der Waals surface area contributed by atoms with Crippen molar-refractivity contribution in [2.24, 2.45) is 0 Å². The first-order valence-corrected chi connectivity index (χ1v) is 9.19. The van der Waals surface area contributed by atoms with Gasteiger partial charge in [-0.15, -0.1) is 13.2 Å². The summed E-state index contributed by atoms with van der Waals surface area (Å²) in [5.74, 6) is 0.0496. The fourth-order valence-electron chi connectivity index (χ4n) is 2.84. The van der Waals surface area contributed by atoms with Gasteiger partial charge in [-0.2, -0.15) is 0 Å². The number of rotatable bonds is 4. The molecule has 2 aromatic rings. The molecular formula is C18H17BrF3N3O2. The molecule has 1 aliphatic heterocycles. The number of alkyl halides is 3. The summed E-state index contributed by atoms with van der Waals surface area (Å²) in [6.07, 6.45) is 0.181. The fraction of sp³-hybridized carbons (Fsp3) is 0.333. The maximum atomic E-state index is 12.4. The Hall–Kier alpha value is -2.29. The Morgan fingerprint density at radius 3 is 2.41 bits per heavy atom. The lowest BCUT2D eigenvalue weighted by molar-refractivity contribution is -0.274. The van der Waals surface area contributed by atoms with Crippen LogP contribution in [0.4, 0.5) is 24.7 Å². The first kappa shape index (κ1) is 19.5. The molecule has 1 N–H and O–H groups in total. The number of halogens is 4. The van der Waals surface area contributed by atoms with E-state index in [-0.39, 0.29) is 5.75 Å². The number of aromatic nitrogens is 1. The van der Waals surface area contributed by atoms with Crippen LogP contribution >= 0.6 is 15.9 Å². The van der Waals surface area contributed by atoms with Crippen LogP contribution < -0.4 is 15.0 Å². The molecule has 144 valence electrons. The molecule has 0 aliphatic carbocycles. The number of anilines is 2. The number of pyridine rings is 1. The van der Waals surface area contributed by atoms with E-state index in [1.807, 2.05) is 0 Å². The van der Waals surface area contributed by atoms with E-state index < -0.39 is 12.3 Å². The molecule has 27 heavy (non-hydrogen) atoms.